The fraction of sp³-hybridized carbons (Fsp3) is 0.429. The summed E-state index contributed by atoms with van der Waals surface area (Å²) in [4.78, 5) is 24.3. The fourth-order valence-corrected chi connectivity index (χ4v) is 3.22. The van der Waals surface area contributed by atoms with Gasteiger partial charge < -0.3 is 10.0 Å². The highest BCUT2D eigenvalue weighted by molar-refractivity contribution is 5.96. The van der Waals surface area contributed by atoms with E-state index in [-0.39, 0.29) is 17.0 Å². The van der Waals surface area contributed by atoms with Crippen molar-refractivity contribution in [1.82, 2.24) is 4.90 Å². The zero-order valence-corrected chi connectivity index (χ0v) is 10.6. The Morgan fingerprint density at radius 2 is 1.75 bits per heavy atom. The molecule has 3 fully saturated rings. The van der Waals surface area contributed by atoms with E-state index in [1.165, 1.54) is 29.2 Å². The van der Waals surface area contributed by atoms with Gasteiger partial charge in [-0.3, -0.25) is 4.79 Å². The lowest BCUT2D eigenvalue weighted by Crippen LogP contribution is -2.53. The molecule has 2 heterocycles. The second kappa shape index (κ2) is 4.26. The lowest BCUT2D eigenvalue weighted by molar-refractivity contribution is -0.0455. The Morgan fingerprint density at radius 1 is 1.20 bits per heavy atom. The van der Waals surface area contributed by atoms with E-state index in [2.05, 4.69) is 0 Å². The number of fused-ring (bicyclic) bond motifs is 1. The summed E-state index contributed by atoms with van der Waals surface area (Å²) in [6.07, 6.45) is -1.81. The number of hydrogen-bond donors (Lipinski definition) is 1. The number of aromatic carboxylic acids is 1. The Labute approximate surface area is 114 Å². The Kier molecular flexibility index (Phi) is 2.77. The monoisotopic (exact) mass is 281 g/mol. The summed E-state index contributed by atoms with van der Waals surface area (Å²) < 4.78 is 26.4. The minimum Gasteiger partial charge on any atom is -0.478 e. The third-order valence-electron chi connectivity index (χ3n) is 4.29. The van der Waals surface area contributed by atoms with Crippen molar-refractivity contribution in [3.8, 4) is 0 Å². The number of alkyl halides is 2. The molecule has 0 atom stereocenters. The molecular weight excluding hydrogens is 268 g/mol. The van der Waals surface area contributed by atoms with Crippen molar-refractivity contribution >= 4 is 11.9 Å². The van der Waals surface area contributed by atoms with E-state index >= 15 is 0 Å². The molecule has 0 unspecified atom stereocenters. The molecule has 1 aliphatic carbocycles. The number of rotatable bonds is 3. The molecule has 2 aliphatic heterocycles. The number of carbonyl (C=O) groups excluding carboxylic acids is 1. The van der Waals surface area contributed by atoms with Crippen LogP contribution in [-0.4, -0.2) is 40.4 Å². The summed E-state index contributed by atoms with van der Waals surface area (Å²) in [7, 11) is 0. The highest BCUT2D eigenvalue weighted by Gasteiger charge is 2.63. The smallest absolute Gasteiger partial charge is 0.335 e. The molecule has 1 saturated carbocycles. The van der Waals surface area contributed by atoms with Gasteiger partial charge >= 0.3 is 5.97 Å². The maximum absolute atomic E-state index is 13.2. The van der Waals surface area contributed by atoms with Crippen LogP contribution in [0.2, 0.25) is 0 Å². The Hall–Kier alpha value is -1.98. The first-order chi connectivity index (χ1) is 9.44. The van der Waals surface area contributed by atoms with Gasteiger partial charge in [-0.1, -0.05) is 0 Å². The van der Waals surface area contributed by atoms with Gasteiger partial charge in [0.1, 0.15) is 5.54 Å². The van der Waals surface area contributed by atoms with Crippen LogP contribution in [0, 0.1) is 5.92 Å². The second-order valence-electron chi connectivity index (χ2n) is 5.48. The lowest BCUT2D eigenvalue weighted by atomic mass is 9.73. The van der Waals surface area contributed by atoms with Crippen molar-refractivity contribution < 1.29 is 23.5 Å². The third-order valence-corrected chi connectivity index (χ3v) is 4.29. The SMILES string of the molecule is O=C(O)c1ccc(C(=O)N2CC3CC2(C(F)F)C3)cc1. The number of halogens is 2. The second-order valence-corrected chi connectivity index (χ2v) is 5.48. The van der Waals surface area contributed by atoms with E-state index in [4.69, 9.17) is 5.11 Å². The number of amides is 1. The number of carboxylic acids is 1. The minimum atomic E-state index is -2.54. The fourth-order valence-electron chi connectivity index (χ4n) is 3.22. The molecule has 0 spiro atoms. The van der Waals surface area contributed by atoms with Crippen molar-refractivity contribution in [2.75, 3.05) is 6.54 Å². The molecule has 1 amide bonds. The summed E-state index contributed by atoms with van der Waals surface area (Å²) in [6.45, 7) is 0.365. The van der Waals surface area contributed by atoms with Crippen molar-refractivity contribution in [2.24, 2.45) is 5.92 Å². The number of benzene rings is 1. The van der Waals surface area contributed by atoms with E-state index in [0.717, 1.165) is 0 Å². The first-order valence-electron chi connectivity index (χ1n) is 6.37. The average Bonchev–Trinajstić information content (AvgIpc) is 2.93. The molecule has 20 heavy (non-hydrogen) atoms. The van der Waals surface area contributed by atoms with E-state index < -0.39 is 23.8 Å². The van der Waals surface area contributed by atoms with Gasteiger partial charge in [0.2, 0.25) is 0 Å². The first kappa shape index (κ1) is 13.0. The van der Waals surface area contributed by atoms with E-state index in [0.29, 0.717) is 19.4 Å². The van der Waals surface area contributed by atoms with Gasteiger partial charge in [0.05, 0.1) is 5.56 Å². The van der Waals surface area contributed by atoms with Gasteiger partial charge in [-0.05, 0) is 43.0 Å². The van der Waals surface area contributed by atoms with Crippen LogP contribution in [0.3, 0.4) is 0 Å². The third kappa shape index (κ3) is 1.71. The molecule has 4 rings (SSSR count). The topological polar surface area (TPSA) is 57.6 Å². The first-order valence-corrected chi connectivity index (χ1v) is 6.37. The van der Waals surface area contributed by atoms with Gasteiger partial charge in [-0.2, -0.15) is 0 Å². The van der Waals surface area contributed by atoms with Gasteiger partial charge in [-0.25, -0.2) is 13.6 Å². The van der Waals surface area contributed by atoms with Crippen LogP contribution in [0.1, 0.15) is 33.6 Å². The molecule has 6 heteroatoms. The molecule has 1 N–H and O–H groups in total. The van der Waals surface area contributed by atoms with Crippen LogP contribution in [0.4, 0.5) is 8.78 Å². The van der Waals surface area contributed by atoms with Crippen molar-refractivity contribution in [3.63, 3.8) is 0 Å². The Morgan fingerprint density at radius 3 is 2.25 bits per heavy atom. The quantitative estimate of drug-likeness (QED) is 0.924. The van der Waals surface area contributed by atoms with Crippen molar-refractivity contribution in [1.29, 1.82) is 0 Å². The Bertz CT molecular complexity index is 564. The molecule has 2 saturated heterocycles. The number of nitrogens with zero attached hydrogens (tertiary/aromatic N) is 1. The van der Waals surface area contributed by atoms with E-state index in [1.807, 2.05) is 0 Å². The lowest BCUT2D eigenvalue weighted by Gasteiger charge is -2.41. The van der Waals surface area contributed by atoms with E-state index in [9.17, 15) is 18.4 Å². The summed E-state index contributed by atoms with van der Waals surface area (Å²) >= 11 is 0. The van der Waals surface area contributed by atoms with Gasteiger partial charge in [0, 0.05) is 12.1 Å². The van der Waals surface area contributed by atoms with Crippen molar-refractivity contribution in [3.05, 3.63) is 35.4 Å². The van der Waals surface area contributed by atoms with Crippen LogP contribution in [0.25, 0.3) is 0 Å². The molecule has 3 aliphatic rings. The number of hydrogen-bond acceptors (Lipinski definition) is 2. The van der Waals surface area contributed by atoms with Gasteiger partial charge in [0.15, 0.2) is 0 Å². The number of carbonyl (C=O) groups is 2. The molecule has 0 radical (unpaired) electrons. The predicted molar refractivity (Wildman–Crippen MR) is 65.9 cm³/mol. The van der Waals surface area contributed by atoms with Crippen LogP contribution >= 0.6 is 0 Å². The maximum Gasteiger partial charge on any atom is 0.335 e. The zero-order valence-electron chi connectivity index (χ0n) is 10.6. The summed E-state index contributed by atoms with van der Waals surface area (Å²) in [5.41, 5.74) is -0.980. The van der Waals surface area contributed by atoms with Crippen LogP contribution in [-0.2, 0) is 0 Å². The maximum atomic E-state index is 13.2. The molecule has 1 aromatic carbocycles. The summed E-state index contributed by atoms with van der Waals surface area (Å²) in [5, 5.41) is 8.79. The van der Waals surface area contributed by atoms with Crippen LogP contribution in [0.15, 0.2) is 24.3 Å². The van der Waals surface area contributed by atoms with Crippen LogP contribution in [0.5, 0.6) is 0 Å². The van der Waals surface area contributed by atoms with Crippen molar-refractivity contribution in [2.45, 2.75) is 24.8 Å². The minimum absolute atomic E-state index is 0.0656. The number of carboxylic acid groups (broad SMARTS) is 1. The van der Waals surface area contributed by atoms with Crippen LogP contribution < -0.4 is 0 Å². The van der Waals surface area contributed by atoms with Gasteiger partial charge in [-0.15, -0.1) is 0 Å². The molecule has 2 bridgehead atoms. The van der Waals surface area contributed by atoms with E-state index in [1.54, 1.807) is 0 Å². The molecule has 4 nitrogen and oxygen atoms in total. The average molecular weight is 281 g/mol. The summed E-state index contributed by atoms with van der Waals surface area (Å²) in [6, 6.07) is 5.37. The standard InChI is InChI=1S/C14H13F2NO3/c15-13(16)14-5-8(6-14)7-17(14)11(18)9-1-3-10(4-2-9)12(19)20/h1-4,8,13H,5-7H2,(H,19,20). The molecule has 106 valence electrons. The normalized spacial score (nSPS) is 27.6. The molecular formula is C14H13F2NO3. The van der Waals surface area contributed by atoms with Gasteiger partial charge in [0.25, 0.3) is 12.3 Å². The zero-order chi connectivity index (χ0) is 14.5. The highest BCUT2D eigenvalue weighted by Crippen LogP contribution is 2.54. The molecule has 0 aromatic heterocycles. The molecule has 1 aromatic rings. The summed E-state index contributed by atoms with van der Waals surface area (Å²) in [5.74, 6) is -1.36. The largest absolute Gasteiger partial charge is 0.478 e. The predicted octanol–water partition coefficient (Wildman–Crippen LogP) is 2.25. The Balaban J connectivity index is 1.84. The highest BCUT2D eigenvalue weighted by atomic mass is 19.3.